The zero-order chi connectivity index (χ0) is 17.8. The van der Waals surface area contributed by atoms with Crippen LogP contribution in [-0.4, -0.2) is 67.8 Å². The fourth-order valence-electron chi connectivity index (χ4n) is 3.05. The Labute approximate surface area is 147 Å². The van der Waals surface area contributed by atoms with Crippen LogP contribution in [0.5, 0.6) is 11.5 Å². The molecule has 0 spiro atoms. The summed E-state index contributed by atoms with van der Waals surface area (Å²) in [6.45, 7) is 7.26. The van der Waals surface area contributed by atoms with Crippen molar-refractivity contribution in [3.8, 4) is 11.5 Å². The lowest BCUT2D eigenvalue weighted by Gasteiger charge is -2.34. The fraction of sp³-hybridized carbons (Fsp3) is 0.556. The van der Waals surface area contributed by atoms with E-state index in [2.05, 4.69) is 0 Å². The van der Waals surface area contributed by atoms with E-state index >= 15 is 0 Å². The van der Waals surface area contributed by atoms with E-state index in [1.165, 1.54) is 0 Å². The number of piperazine rings is 1. The summed E-state index contributed by atoms with van der Waals surface area (Å²) >= 11 is 0. The van der Waals surface area contributed by atoms with E-state index in [0.717, 1.165) is 16.9 Å². The first-order valence-electron chi connectivity index (χ1n) is 8.67. The largest absolute Gasteiger partial charge is 0.486 e. The van der Waals surface area contributed by atoms with Gasteiger partial charge >= 0.3 is 6.09 Å². The maximum Gasteiger partial charge on any atom is 0.409 e. The van der Waals surface area contributed by atoms with Gasteiger partial charge in [0.25, 0.3) is 0 Å². The van der Waals surface area contributed by atoms with E-state index in [-0.39, 0.29) is 12.0 Å². The van der Waals surface area contributed by atoms with Crippen molar-refractivity contribution in [3.05, 3.63) is 23.3 Å². The van der Waals surface area contributed by atoms with Gasteiger partial charge in [0.1, 0.15) is 13.2 Å². The third-order valence-electron chi connectivity index (χ3n) is 4.50. The van der Waals surface area contributed by atoms with Gasteiger partial charge in [0.15, 0.2) is 11.5 Å². The molecule has 2 amide bonds. The summed E-state index contributed by atoms with van der Waals surface area (Å²) in [6.07, 6.45) is 0.0132. The molecular formula is C18H24N2O5. The summed E-state index contributed by atoms with van der Waals surface area (Å²) in [7, 11) is 0. The summed E-state index contributed by atoms with van der Waals surface area (Å²) in [5, 5.41) is 0. The Morgan fingerprint density at radius 2 is 1.64 bits per heavy atom. The van der Waals surface area contributed by atoms with Crippen molar-refractivity contribution >= 4 is 12.0 Å². The smallest absolute Gasteiger partial charge is 0.409 e. The van der Waals surface area contributed by atoms with Gasteiger partial charge in [-0.3, -0.25) is 4.79 Å². The lowest BCUT2D eigenvalue weighted by Crippen LogP contribution is -2.51. The average Bonchev–Trinajstić information content (AvgIpc) is 2.62. The number of amides is 2. The second-order valence-corrected chi connectivity index (χ2v) is 6.17. The second kappa shape index (κ2) is 7.63. The number of carbonyl (C=O) groups excluding carboxylic acids is 2. The Morgan fingerprint density at radius 3 is 2.28 bits per heavy atom. The molecule has 1 aromatic carbocycles. The number of ether oxygens (including phenoxy) is 3. The predicted molar refractivity (Wildman–Crippen MR) is 91.0 cm³/mol. The van der Waals surface area contributed by atoms with E-state index in [9.17, 15) is 9.59 Å². The zero-order valence-electron chi connectivity index (χ0n) is 14.7. The number of carbonyl (C=O) groups is 2. The highest BCUT2D eigenvalue weighted by Crippen LogP contribution is 2.33. The molecular weight excluding hydrogens is 324 g/mol. The molecule has 3 rings (SSSR count). The molecule has 25 heavy (non-hydrogen) atoms. The number of aryl methyl sites for hydroxylation is 1. The molecule has 0 aliphatic carbocycles. The first-order valence-corrected chi connectivity index (χ1v) is 8.67. The SMILES string of the molecule is CCOC(=O)N1CCN(C(=O)Cc2cc3c(cc2C)OCCO3)CC1. The van der Waals surface area contributed by atoms with E-state index < -0.39 is 0 Å². The molecule has 0 bridgehead atoms. The van der Waals surface area contributed by atoms with Gasteiger partial charge in [-0.1, -0.05) is 0 Å². The Kier molecular flexibility index (Phi) is 5.31. The topological polar surface area (TPSA) is 68.3 Å². The third-order valence-corrected chi connectivity index (χ3v) is 4.50. The molecule has 7 nitrogen and oxygen atoms in total. The molecule has 0 atom stereocenters. The highest BCUT2D eigenvalue weighted by atomic mass is 16.6. The average molecular weight is 348 g/mol. The van der Waals surface area contributed by atoms with Crippen LogP contribution in [0.4, 0.5) is 4.79 Å². The number of hydrogen-bond acceptors (Lipinski definition) is 5. The highest BCUT2D eigenvalue weighted by Gasteiger charge is 2.25. The molecule has 0 aromatic heterocycles. The van der Waals surface area contributed by atoms with Crippen LogP contribution in [0.3, 0.4) is 0 Å². The Bertz CT molecular complexity index is 653. The maximum absolute atomic E-state index is 12.6. The van der Waals surface area contributed by atoms with Crippen LogP contribution in [0.2, 0.25) is 0 Å². The standard InChI is InChI=1S/C18H24N2O5/c1-3-23-18(22)20-6-4-19(5-7-20)17(21)12-14-11-16-15(10-13(14)2)24-8-9-25-16/h10-11H,3-9,12H2,1-2H3. The van der Waals surface area contributed by atoms with Crippen LogP contribution in [0, 0.1) is 6.92 Å². The number of fused-ring (bicyclic) bond motifs is 1. The van der Waals surface area contributed by atoms with Crippen LogP contribution in [-0.2, 0) is 16.0 Å². The van der Waals surface area contributed by atoms with Gasteiger partial charge in [0.2, 0.25) is 5.91 Å². The Hall–Kier alpha value is -2.44. The minimum atomic E-state index is -0.308. The minimum Gasteiger partial charge on any atom is -0.486 e. The van der Waals surface area contributed by atoms with E-state index in [4.69, 9.17) is 14.2 Å². The van der Waals surface area contributed by atoms with Crippen molar-refractivity contribution < 1.29 is 23.8 Å². The predicted octanol–water partition coefficient (Wildman–Crippen LogP) is 1.61. The lowest BCUT2D eigenvalue weighted by molar-refractivity contribution is -0.132. The second-order valence-electron chi connectivity index (χ2n) is 6.17. The fourth-order valence-corrected chi connectivity index (χ4v) is 3.05. The molecule has 2 aliphatic heterocycles. The number of rotatable bonds is 3. The van der Waals surface area contributed by atoms with Crippen LogP contribution in [0.1, 0.15) is 18.1 Å². The van der Waals surface area contributed by atoms with Crippen LogP contribution < -0.4 is 9.47 Å². The molecule has 1 saturated heterocycles. The number of hydrogen-bond donors (Lipinski definition) is 0. The van der Waals surface area contributed by atoms with Gasteiger partial charge in [0.05, 0.1) is 13.0 Å². The summed E-state index contributed by atoms with van der Waals surface area (Å²) in [5.74, 6) is 1.50. The van der Waals surface area contributed by atoms with Crippen molar-refractivity contribution in [3.63, 3.8) is 0 Å². The normalized spacial score (nSPS) is 16.6. The Balaban J connectivity index is 1.59. The first-order chi connectivity index (χ1) is 12.1. The third kappa shape index (κ3) is 3.97. The molecule has 136 valence electrons. The summed E-state index contributed by atoms with van der Waals surface area (Å²) in [6, 6.07) is 3.83. The van der Waals surface area contributed by atoms with Gasteiger partial charge in [-0.05, 0) is 37.1 Å². The van der Waals surface area contributed by atoms with Crippen molar-refractivity contribution in [2.24, 2.45) is 0 Å². The minimum absolute atomic E-state index is 0.0586. The van der Waals surface area contributed by atoms with Gasteiger partial charge in [0, 0.05) is 26.2 Å². The maximum atomic E-state index is 12.6. The van der Waals surface area contributed by atoms with Crippen molar-refractivity contribution in [1.29, 1.82) is 0 Å². The summed E-state index contributed by atoms with van der Waals surface area (Å²) in [4.78, 5) is 27.8. The Morgan fingerprint density at radius 1 is 1.04 bits per heavy atom. The van der Waals surface area contributed by atoms with Crippen molar-refractivity contribution in [2.75, 3.05) is 46.0 Å². The monoisotopic (exact) mass is 348 g/mol. The van der Waals surface area contributed by atoms with Crippen LogP contribution in [0.15, 0.2) is 12.1 Å². The quantitative estimate of drug-likeness (QED) is 0.830. The molecule has 2 aliphatic rings. The van der Waals surface area contributed by atoms with E-state index in [1.54, 1.807) is 16.7 Å². The van der Waals surface area contributed by atoms with Crippen LogP contribution in [0.25, 0.3) is 0 Å². The summed E-state index contributed by atoms with van der Waals surface area (Å²) in [5.41, 5.74) is 1.96. The molecule has 0 saturated carbocycles. The van der Waals surface area contributed by atoms with Crippen molar-refractivity contribution in [1.82, 2.24) is 9.80 Å². The summed E-state index contributed by atoms with van der Waals surface area (Å²) < 4.78 is 16.2. The van der Waals surface area contributed by atoms with Crippen LogP contribution >= 0.6 is 0 Å². The molecule has 2 heterocycles. The number of benzene rings is 1. The molecule has 0 N–H and O–H groups in total. The van der Waals surface area contributed by atoms with Crippen molar-refractivity contribution in [2.45, 2.75) is 20.3 Å². The first kappa shape index (κ1) is 17.4. The van der Waals surface area contributed by atoms with E-state index in [1.807, 2.05) is 19.1 Å². The van der Waals surface area contributed by atoms with Gasteiger partial charge in [-0.2, -0.15) is 0 Å². The number of nitrogens with zero attached hydrogens (tertiary/aromatic N) is 2. The molecule has 0 radical (unpaired) electrons. The molecule has 0 unspecified atom stereocenters. The lowest BCUT2D eigenvalue weighted by atomic mass is 10.0. The van der Waals surface area contributed by atoms with E-state index in [0.29, 0.717) is 58.2 Å². The van der Waals surface area contributed by atoms with Gasteiger partial charge < -0.3 is 24.0 Å². The van der Waals surface area contributed by atoms with Gasteiger partial charge in [-0.25, -0.2) is 4.79 Å². The zero-order valence-corrected chi connectivity index (χ0v) is 14.7. The molecule has 1 fully saturated rings. The van der Waals surface area contributed by atoms with Gasteiger partial charge in [-0.15, -0.1) is 0 Å². The molecule has 7 heteroatoms. The molecule has 1 aromatic rings. The highest BCUT2D eigenvalue weighted by molar-refractivity contribution is 5.80.